The number of rotatable bonds is 8. The number of nitrogens with one attached hydrogen (secondary N) is 1. The van der Waals surface area contributed by atoms with Gasteiger partial charge in [0.15, 0.2) is 0 Å². The predicted molar refractivity (Wildman–Crippen MR) is 100 cm³/mol. The van der Waals surface area contributed by atoms with Crippen LogP contribution in [0, 0.1) is 13.8 Å². The first kappa shape index (κ1) is 18.8. The lowest BCUT2D eigenvalue weighted by atomic mass is 10.1. The van der Waals surface area contributed by atoms with Gasteiger partial charge in [0.05, 0.1) is 12.0 Å². The molecule has 0 saturated carbocycles. The number of ether oxygens (including phenoxy) is 1. The van der Waals surface area contributed by atoms with Gasteiger partial charge in [-0.1, -0.05) is 30.3 Å². The van der Waals surface area contributed by atoms with Gasteiger partial charge in [0.2, 0.25) is 10.0 Å². The minimum Gasteiger partial charge on any atom is -0.496 e. The third kappa shape index (κ3) is 5.00. The molecule has 2 aromatic rings. The molecule has 0 atom stereocenters. The molecule has 0 saturated heterocycles. The van der Waals surface area contributed by atoms with Crippen LogP contribution in [0.15, 0.2) is 47.4 Å². The van der Waals surface area contributed by atoms with Crippen LogP contribution in [0.2, 0.25) is 0 Å². The standard InChI is InChI=1S/C18H23NO3S2/c1-14-12-18(15(2)11-17(14)22-3)24(20,21)19-9-10-23-13-16-7-5-4-6-8-16/h4-8,11-12,19H,9-10,13H2,1-3H3. The lowest BCUT2D eigenvalue weighted by molar-refractivity contribution is 0.411. The Bertz CT molecular complexity index is 774. The Labute approximate surface area is 148 Å². The number of benzene rings is 2. The third-order valence-electron chi connectivity index (χ3n) is 3.63. The van der Waals surface area contributed by atoms with Gasteiger partial charge in [-0.3, -0.25) is 0 Å². The highest BCUT2D eigenvalue weighted by atomic mass is 32.2. The SMILES string of the molecule is COc1cc(C)c(S(=O)(=O)NCCSCc2ccccc2)cc1C. The Morgan fingerprint density at radius 2 is 1.79 bits per heavy atom. The smallest absolute Gasteiger partial charge is 0.240 e. The molecule has 0 heterocycles. The van der Waals surface area contributed by atoms with Crippen molar-refractivity contribution in [2.75, 3.05) is 19.4 Å². The molecular weight excluding hydrogens is 342 g/mol. The summed E-state index contributed by atoms with van der Waals surface area (Å²) in [5.74, 6) is 2.30. The number of methoxy groups -OCH3 is 1. The first-order valence-electron chi connectivity index (χ1n) is 7.70. The number of sulfonamides is 1. The monoisotopic (exact) mass is 365 g/mol. The van der Waals surface area contributed by atoms with E-state index >= 15 is 0 Å². The van der Waals surface area contributed by atoms with E-state index in [9.17, 15) is 8.42 Å². The highest BCUT2D eigenvalue weighted by Gasteiger charge is 2.18. The minimum atomic E-state index is -3.50. The lowest BCUT2D eigenvalue weighted by Crippen LogP contribution is -2.26. The van der Waals surface area contributed by atoms with Crippen LogP contribution in [0.5, 0.6) is 5.75 Å². The van der Waals surface area contributed by atoms with Crippen molar-refractivity contribution < 1.29 is 13.2 Å². The maximum Gasteiger partial charge on any atom is 0.240 e. The number of hydrogen-bond donors (Lipinski definition) is 1. The molecule has 0 bridgehead atoms. The van der Waals surface area contributed by atoms with Crippen LogP contribution in [0.4, 0.5) is 0 Å². The second kappa shape index (κ2) is 8.55. The second-order valence-corrected chi connectivity index (χ2v) is 8.36. The van der Waals surface area contributed by atoms with Gasteiger partial charge in [0.1, 0.15) is 5.75 Å². The maximum atomic E-state index is 12.5. The molecule has 0 fully saturated rings. The van der Waals surface area contributed by atoms with Crippen molar-refractivity contribution in [2.45, 2.75) is 24.5 Å². The first-order chi connectivity index (χ1) is 11.4. The van der Waals surface area contributed by atoms with Gasteiger partial charge >= 0.3 is 0 Å². The van der Waals surface area contributed by atoms with Gasteiger partial charge in [-0.2, -0.15) is 11.8 Å². The number of thioether (sulfide) groups is 1. The highest BCUT2D eigenvalue weighted by Crippen LogP contribution is 2.25. The maximum absolute atomic E-state index is 12.5. The molecule has 4 nitrogen and oxygen atoms in total. The van der Waals surface area contributed by atoms with Gasteiger partial charge in [-0.05, 0) is 42.7 Å². The van der Waals surface area contributed by atoms with Crippen molar-refractivity contribution in [1.29, 1.82) is 0 Å². The fourth-order valence-corrected chi connectivity index (χ4v) is 4.65. The van der Waals surface area contributed by atoms with Crippen molar-refractivity contribution in [2.24, 2.45) is 0 Å². The molecule has 2 rings (SSSR count). The molecule has 2 aromatic carbocycles. The second-order valence-electron chi connectivity index (χ2n) is 5.52. The quantitative estimate of drug-likeness (QED) is 0.727. The summed E-state index contributed by atoms with van der Waals surface area (Å²) in [6.07, 6.45) is 0. The molecule has 0 aliphatic heterocycles. The van der Waals surface area contributed by atoms with E-state index < -0.39 is 10.0 Å². The average molecular weight is 366 g/mol. The summed E-state index contributed by atoms with van der Waals surface area (Å²) in [5, 5.41) is 0. The van der Waals surface area contributed by atoms with Crippen molar-refractivity contribution in [1.82, 2.24) is 4.72 Å². The first-order valence-corrected chi connectivity index (χ1v) is 10.3. The van der Waals surface area contributed by atoms with Crippen LogP contribution in [-0.2, 0) is 15.8 Å². The number of hydrogen-bond acceptors (Lipinski definition) is 4. The van der Waals surface area contributed by atoms with Crippen molar-refractivity contribution in [3.05, 3.63) is 59.2 Å². The third-order valence-corrected chi connectivity index (χ3v) is 6.27. The van der Waals surface area contributed by atoms with E-state index in [0.717, 1.165) is 17.1 Å². The summed E-state index contributed by atoms with van der Waals surface area (Å²) < 4.78 is 32.9. The average Bonchev–Trinajstić information content (AvgIpc) is 2.57. The molecule has 24 heavy (non-hydrogen) atoms. The Hall–Kier alpha value is -1.50. The number of aryl methyl sites for hydroxylation is 2. The van der Waals surface area contributed by atoms with Crippen LogP contribution in [0.3, 0.4) is 0 Å². The Morgan fingerprint density at radius 3 is 2.46 bits per heavy atom. The van der Waals surface area contributed by atoms with Gasteiger partial charge in [0, 0.05) is 18.1 Å². The van der Waals surface area contributed by atoms with Crippen LogP contribution in [-0.4, -0.2) is 27.8 Å². The van der Waals surface area contributed by atoms with Crippen molar-refractivity contribution in [3.63, 3.8) is 0 Å². The van der Waals surface area contributed by atoms with Crippen LogP contribution in [0.1, 0.15) is 16.7 Å². The van der Waals surface area contributed by atoms with Crippen molar-refractivity contribution >= 4 is 21.8 Å². The summed E-state index contributed by atoms with van der Waals surface area (Å²) in [6.45, 7) is 4.03. The van der Waals surface area contributed by atoms with E-state index in [-0.39, 0.29) is 0 Å². The summed E-state index contributed by atoms with van der Waals surface area (Å²) in [5.41, 5.74) is 2.73. The fourth-order valence-electron chi connectivity index (χ4n) is 2.36. The van der Waals surface area contributed by atoms with E-state index in [1.54, 1.807) is 37.9 Å². The molecule has 0 aliphatic carbocycles. The predicted octanol–water partition coefficient (Wildman–Crippen LogP) is 3.52. The normalized spacial score (nSPS) is 11.5. The van der Waals surface area contributed by atoms with E-state index in [0.29, 0.717) is 22.8 Å². The van der Waals surface area contributed by atoms with Crippen LogP contribution >= 0.6 is 11.8 Å². The Balaban J connectivity index is 1.91. The van der Waals surface area contributed by atoms with Crippen LogP contribution in [0.25, 0.3) is 0 Å². The molecule has 0 aromatic heterocycles. The van der Waals surface area contributed by atoms with Gasteiger partial charge in [-0.15, -0.1) is 0 Å². The molecule has 0 spiro atoms. The zero-order valence-electron chi connectivity index (χ0n) is 14.2. The Morgan fingerprint density at radius 1 is 1.08 bits per heavy atom. The largest absolute Gasteiger partial charge is 0.496 e. The summed E-state index contributed by atoms with van der Waals surface area (Å²) in [7, 11) is -1.92. The molecule has 0 radical (unpaired) electrons. The summed E-state index contributed by atoms with van der Waals surface area (Å²) >= 11 is 1.71. The molecule has 0 unspecified atom stereocenters. The summed E-state index contributed by atoms with van der Waals surface area (Å²) in [4.78, 5) is 0.314. The molecule has 6 heteroatoms. The summed E-state index contributed by atoms with van der Waals surface area (Å²) in [6, 6.07) is 13.6. The lowest BCUT2D eigenvalue weighted by Gasteiger charge is -2.12. The molecule has 0 aliphatic rings. The van der Waals surface area contributed by atoms with Crippen molar-refractivity contribution in [3.8, 4) is 5.75 Å². The van der Waals surface area contributed by atoms with Gasteiger partial charge in [-0.25, -0.2) is 13.1 Å². The van der Waals surface area contributed by atoms with Gasteiger partial charge < -0.3 is 4.74 Å². The van der Waals surface area contributed by atoms with Crippen LogP contribution < -0.4 is 9.46 Å². The fraction of sp³-hybridized carbons (Fsp3) is 0.333. The van der Waals surface area contributed by atoms with E-state index in [1.165, 1.54) is 5.56 Å². The molecule has 130 valence electrons. The van der Waals surface area contributed by atoms with Gasteiger partial charge in [0.25, 0.3) is 0 Å². The highest BCUT2D eigenvalue weighted by molar-refractivity contribution is 7.98. The molecule has 1 N–H and O–H groups in total. The Kier molecular flexibility index (Phi) is 6.71. The molecule has 0 amide bonds. The van der Waals surface area contributed by atoms with E-state index in [4.69, 9.17) is 4.74 Å². The topological polar surface area (TPSA) is 55.4 Å². The minimum absolute atomic E-state index is 0.314. The zero-order valence-corrected chi connectivity index (χ0v) is 15.8. The molecular formula is C18H23NO3S2. The van der Waals surface area contributed by atoms with E-state index in [2.05, 4.69) is 16.9 Å². The zero-order chi connectivity index (χ0) is 17.6. The van der Waals surface area contributed by atoms with E-state index in [1.807, 2.05) is 25.1 Å².